The Hall–Kier alpha value is -1.44. The molecule has 0 spiro atoms. The maximum absolute atomic E-state index is 11.5. The average Bonchev–Trinajstić information content (AvgIpc) is 2.36. The van der Waals surface area contributed by atoms with Gasteiger partial charge in [0.25, 0.3) is 10.1 Å². The van der Waals surface area contributed by atoms with E-state index >= 15 is 0 Å². The molecule has 118 valence electrons. The van der Waals surface area contributed by atoms with E-state index in [9.17, 15) is 17.8 Å². The average molecular weight is 315 g/mol. The molecule has 1 rings (SSSR count). The van der Waals surface area contributed by atoms with Crippen molar-refractivity contribution in [1.29, 1.82) is 0 Å². The first-order chi connectivity index (χ1) is 9.71. The third kappa shape index (κ3) is 5.82. The summed E-state index contributed by atoms with van der Waals surface area (Å²) in [5.74, 6) is -0.884. The fourth-order valence-corrected chi connectivity index (χ4v) is 2.86. The van der Waals surface area contributed by atoms with Gasteiger partial charge in [-0.2, -0.15) is 8.42 Å². The number of rotatable bonds is 8. The van der Waals surface area contributed by atoms with E-state index in [2.05, 4.69) is 5.32 Å². The van der Waals surface area contributed by atoms with Crippen LogP contribution < -0.4 is 5.32 Å². The number of nitrogens with one attached hydrogen (secondary N) is 1. The van der Waals surface area contributed by atoms with Gasteiger partial charge >= 0.3 is 5.97 Å². The third-order valence-electron chi connectivity index (χ3n) is 3.09. The molecule has 1 aromatic rings. The number of carbonyl (C=O) groups is 1. The molecule has 0 aliphatic heterocycles. The molecule has 0 saturated heterocycles. The van der Waals surface area contributed by atoms with Crippen molar-refractivity contribution in [3.8, 4) is 0 Å². The van der Waals surface area contributed by atoms with Crippen LogP contribution in [0.15, 0.2) is 30.3 Å². The van der Waals surface area contributed by atoms with Gasteiger partial charge in [-0.05, 0) is 17.9 Å². The molecule has 0 radical (unpaired) electrons. The first-order valence-electron chi connectivity index (χ1n) is 6.69. The molecular formula is C14H21NO5S. The number of carboxylic acids is 1. The Balaban J connectivity index is 2.86. The van der Waals surface area contributed by atoms with Crippen LogP contribution in [0, 0.1) is 5.92 Å². The summed E-state index contributed by atoms with van der Waals surface area (Å²) in [7, 11) is -4.32. The lowest BCUT2D eigenvalue weighted by Gasteiger charge is -2.20. The van der Waals surface area contributed by atoms with Crippen LogP contribution in [0.1, 0.15) is 31.1 Å². The van der Waals surface area contributed by atoms with Gasteiger partial charge in [-0.25, -0.2) is 0 Å². The highest BCUT2D eigenvalue weighted by atomic mass is 32.2. The van der Waals surface area contributed by atoms with Gasteiger partial charge in [0.2, 0.25) is 0 Å². The van der Waals surface area contributed by atoms with Crippen LogP contribution in [0.5, 0.6) is 0 Å². The predicted octanol–water partition coefficient (Wildman–Crippen LogP) is 1.70. The van der Waals surface area contributed by atoms with Crippen LogP contribution in [0.2, 0.25) is 0 Å². The molecule has 1 unspecified atom stereocenters. The Morgan fingerprint density at radius 1 is 1.24 bits per heavy atom. The van der Waals surface area contributed by atoms with Gasteiger partial charge in [0.15, 0.2) is 0 Å². The minimum absolute atomic E-state index is 0.152. The van der Waals surface area contributed by atoms with Gasteiger partial charge in [-0.1, -0.05) is 44.2 Å². The quantitative estimate of drug-likeness (QED) is 0.631. The summed E-state index contributed by atoms with van der Waals surface area (Å²) < 4.78 is 32.4. The van der Waals surface area contributed by atoms with E-state index in [4.69, 9.17) is 5.11 Å². The molecular weight excluding hydrogens is 294 g/mol. The fourth-order valence-electron chi connectivity index (χ4n) is 2.05. The van der Waals surface area contributed by atoms with E-state index in [1.54, 1.807) is 30.3 Å². The van der Waals surface area contributed by atoms with E-state index in [0.717, 1.165) is 0 Å². The number of hydrogen-bond acceptors (Lipinski definition) is 4. The zero-order chi connectivity index (χ0) is 16.0. The molecule has 0 aromatic heterocycles. The third-order valence-corrected chi connectivity index (χ3v) is 4.24. The molecule has 1 aromatic carbocycles. The summed E-state index contributed by atoms with van der Waals surface area (Å²) in [5.41, 5.74) is 0.418. The molecule has 0 amide bonds. The molecule has 7 heteroatoms. The minimum atomic E-state index is -4.32. The number of aliphatic carboxylic acids is 1. The van der Waals surface area contributed by atoms with Crippen LogP contribution >= 0.6 is 0 Å². The van der Waals surface area contributed by atoms with Crippen molar-refractivity contribution in [3.63, 3.8) is 0 Å². The highest BCUT2D eigenvalue weighted by Crippen LogP contribution is 2.21. The summed E-state index contributed by atoms with van der Waals surface area (Å²) in [6.07, 6.45) is 0.377. The van der Waals surface area contributed by atoms with Gasteiger partial charge in [-0.15, -0.1) is 0 Å². The molecule has 21 heavy (non-hydrogen) atoms. The Morgan fingerprint density at radius 3 is 2.24 bits per heavy atom. The largest absolute Gasteiger partial charge is 0.480 e. The number of carboxylic acid groups (broad SMARTS) is 1. The Labute approximate surface area is 124 Å². The Morgan fingerprint density at radius 2 is 1.81 bits per heavy atom. The maximum atomic E-state index is 11.5. The molecule has 3 N–H and O–H groups in total. The normalized spacial score (nSPS) is 14.9. The second-order valence-corrected chi connectivity index (χ2v) is 6.94. The van der Waals surface area contributed by atoms with Crippen molar-refractivity contribution in [2.45, 2.75) is 31.6 Å². The summed E-state index contributed by atoms with van der Waals surface area (Å²) in [4.78, 5) is 11.2. The number of benzene rings is 1. The van der Waals surface area contributed by atoms with E-state index in [1.165, 1.54) is 0 Å². The zero-order valence-electron chi connectivity index (χ0n) is 12.1. The molecule has 0 bridgehead atoms. The lowest BCUT2D eigenvalue weighted by Crippen LogP contribution is -2.41. The van der Waals surface area contributed by atoms with Gasteiger partial charge in [0, 0.05) is 6.54 Å². The lowest BCUT2D eigenvalue weighted by molar-refractivity contribution is -0.139. The van der Waals surface area contributed by atoms with Crippen LogP contribution in [0.4, 0.5) is 0 Å². The van der Waals surface area contributed by atoms with Crippen molar-refractivity contribution < 1.29 is 22.9 Å². The molecule has 0 heterocycles. The molecule has 0 aliphatic carbocycles. The summed E-state index contributed by atoms with van der Waals surface area (Å²) >= 11 is 0. The van der Waals surface area contributed by atoms with E-state index < -0.39 is 27.4 Å². The summed E-state index contributed by atoms with van der Waals surface area (Å²) in [6.45, 7) is 3.61. The van der Waals surface area contributed by atoms with E-state index in [1.807, 2.05) is 13.8 Å². The standard InChI is InChI=1S/C14H21NO5S/c1-10(2)8-12(14(16)17)15-9-13(21(18,19)20)11-6-4-3-5-7-11/h3-7,10,12-13,15H,8-9H2,1-2H3,(H,16,17)(H,18,19,20)/t12-,13?/m0/s1. The van der Waals surface area contributed by atoms with E-state index in [0.29, 0.717) is 12.0 Å². The molecule has 6 nitrogen and oxygen atoms in total. The number of hydrogen-bond donors (Lipinski definition) is 3. The maximum Gasteiger partial charge on any atom is 0.320 e. The van der Waals surface area contributed by atoms with Gasteiger partial charge < -0.3 is 10.4 Å². The van der Waals surface area contributed by atoms with Crippen LogP contribution in [0.25, 0.3) is 0 Å². The smallest absolute Gasteiger partial charge is 0.320 e. The van der Waals surface area contributed by atoms with Crippen molar-refractivity contribution in [3.05, 3.63) is 35.9 Å². The van der Waals surface area contributed by atoms with Crippen LogP contribution in [-0.4, -0.2) is 36.6 Å². The molecule has 0 saturated carbocycles. The van der Waals surface area contributed by atoms with Crippen molar-refractivity contribution in [1.82, 2.24) is 5.32 Å². The van der Waals surface area contributed by atoms with E-state index in [-0.39, 0.29) is 12.5 Å². The summed E-state index contributed by atoms with van der Waals surface area (Å²) in [5, 5.41) is 10.7. The second kappa shape index (κ2) is 7.53. The van der Waals surface area contributed by atoms with Gasteiger partial charge in [0.05, 0.1) is 0 Å². The van der Waals surface area contributed by atoms with Crippen molar-refractivity contribution in [2.75, 3.05) is 6.54 Å². The van der Waals surface area contributed by atoms with Crippen molar-refractivity contribution in [2.24, 2.45) is 5.92 Å². The lowest BCUT2D eigenvalue weighted by atomic mass is 10.0. The monoisotopic (exact) mass is 315 g/mol. The topological polar surface area (TPSA) is 104 Å². The van der Waals surface area contributed by atoms with Crippen LogP contribution in [0.3, 0.4) is 0 Å². The first kappa shape index (κ1) is 17.6. The predicted molar refractivity (Wildman–Crippen MR) is 79.6 cm³/mol. The highest BCUT2D eigenvalue weighted by molar-refractivity contribution is 7.86. The SMILES string of the molecule is CC(C)C[C@H](NCC(c1ccccc1)S(=O)(=O)O)C(=O)O. The second-order valence-electron chi connectivity index (χ2n) is 5.34. The fraction of sp³-hybridized carbons (Fsp3) is 0.500. The van der Waals surface area contributed by atoms with Gasteiger partial charge in [0.1, 0.15) is 11.3 Å². The van der Waals surface area contributed by atoms with Crippen LogP contribution in [-0.2, 0) is 14.9 Å². The van der Waals surface area contributed by atoms with Gasteiger partial charge in [-0.3, -0.25) is 9.35 Å². The molecule has 2 atom stereocenters. The van der Waals surface area contributed by atoms with Crippen molar-refractivity contribution >= 4 is 16.1 Å². The zero-order valence-corrected chi connectivity index (χ0v) is 12.9. The minimum Gasteiger partial charge on any atom is -0.480 e. The molecule has 0 fully saturated rings. The highest BCUT2D eigenvalue weighted by Gasteiger charge is 2.27. The Kier molecular flexibility index (Phi) is 6.32. The Bertz CT molecular complexity index is 556. The summed E-state index contributed by atoms with van der Waals surface area (Å²) in [6, 6.07) is 7.37. The first-order valence-corrected chi connectivity index (χ1v) is 8.19. The molecule has 0 aliphatic rings.